The van der Waals surface area contributed by atoms with Crippen molar-refractivity contribution in [3.63, 3.8) is 0 Å². The third-order valence-corrected chi connectivity index (χ3v) is 5.00. The van der Waals surface area contributed by atoms with Gasteiger partial charge in [-0.2, -0.15) is 13.2 Å². The minimum atomic E-state index is -4.58. The summed E-state index contributed by atoms with van der Waals surface area (Å²) < 4.78 is 37.5. The number of piperidine rings is 1. The molecule has 0 aromatic carbocycles. The van der Waals surface area contributed by atoms with Crippen molar-refractivity contribution < 1.29 is 23.1 Å². The van der Waals surface area contributed by atoms with Crippen LogP contribution in [0, 0.1) is 5.92 Å². The van der Waals surface area contributed by atoms with E-state index in [4.69, 9.17) is 0 Å². The highest BCUT2D eigenvalue weighted by molar-refractivity contribution is 5.74. The first-order chi connectivity index (χ1) is 10.8. The Labute approximate surface area is 134 Å². The molecule has 2 rings (SSSR count). The Morgan fingerprint density at radius 1 is 1.26 bits per heavy atom. The van der Waals surface area contributed by atoms with Gasteiger partial charge in [-0.1, -0.05) is 6.92 Å². The number of rotatable bonds is 4. The fraction of sp³-hybridized carbons (Fsp3) is 0.933. The molecule has 2 atom stereocenters. The summed E-state index contributed by atoms with van der Waals surface area (Å²) >= 11 is 0. The lowest BCUT2D eigenvalue weighted by molar-refractivity contribution is -0.222. The molecular formula is C15H26F3N3O2. The van der Waals surface area contributed by atoms with Gasteiger partial charge < -0.3 is 15.3 Å². The van der Waals surface area contributed by atoms with Gasteiger partial charge in [0.2, 0.25) is 0 Å². The van der Waals surface area contributed by atoms with Gasteiger partial charge in [-0.25, -0.2) is 4.79 Å². The maximum absolute atomic E-state index is 12.5. The molecule has 2 fully saturated rings. The molecule has 0 saturated carbocycles. The van der Waals surface area contributed by atoms with Gasteiger partial charge in [-0.3, -0.25) is 4.90 Å². The second kappa shape index (κ2) is 7.70. The number of likely N-dealkylation sites (tertiary alicyclic amines) is 2. The number of halogens is 3. The maximum atomic E-state index is 12.5. The molecule has 0 aromatic rings. The lowest BCUT2D eigenvalue weighted by Gasteiger charge is -2.35. The highest BCUT2D eigenvalue weighted by Crippen LogP contribution is 2.31. The van der Waals surface area contributed by atoms with Crippen LogP contribution < -0.4 is 5.32 Å². The van der Waals surface area contributed by atoms with Gasteiger partial charge in [0.1, 0.15) is 0 Å². The molecule has 2 unspecified atom stereocenters. The number of carbonyl (C=O) groups is 1. The number of urea groups is 1. The van der Waals surface area contributed by atoms with Crippen molar-refractivity contribution in [1.29, 1.82) is 0 Å². The normalized spacial score (nSPS) is 25.6. The predicted octanol–water partition coefficient (Wildman–Crippen LogP) is 1.82. The molecule has 0 spiro atoms. The van der Waals surface area contributed by atoms with E-state index in [0.29, 0.717) is 12.6 Å². The van der Waals surface area contributed by atoms with Gasteiger partial charge in [0.05, 0.1) is 0 Å². The number of likely N-dealkylation sites (N-methyl/N-ethyl adjacent to an activating group) is 1. The lowest BCUT2D eigenvalue weighted by atomic mass is 9.91. The molecule has 2 saturated heterocycles. The third kappa shape index (κ3) is 4.73. The first kappa shape index (κ1) is 18.3. The molecule has 2 N–H and O–H groups in total. The van der Waals surface area contributed by atoms with Crippen LogP contribution in [0.1, 0.15) is 32.6 Å². The quantitative estimate of drug-likeness (QED) is 0.823. The van der Waals surface area contributed by atoms with E-state index in [0.717, 1.165) is 25.9 Å². The Kier molecular flexibility index (Phi) is 6.13. The van der Waals surface area contributed by atoms with Crippen molar-refractivity contribution in [3.8, 4) is 0 Å². The summed E-state index contributed by atoms with van der Waals surface area (Å²) in [7, 11) is 0. The van der Waals surface area contributed by atoms with Crippen LogP contribution in [0.5, 0.6) is 0 Å². The van der Waals surface area contributed by atoms with Crippen LogP contribution in [0.25, 0.3) is 0 Å². The monoisotopic (exact) mass is 337 g/mol. The number of nitrogens with zero attached hydrogens (tertiary/aromatic N) is 2. The Hall–Kier alpha value is -1.02. The van der Waals surface area contributed by atoms with E-state index < -0.39 is 18.2 Å². The van der Waals surface area contributed by atoms with Crippen LogP contribution in [-0.4, -0.2) is 72.0 Å². The minimum absolute atomic E-state index is 0.179. The fourth-order valence-electron chi connectivity index (χ4n) is 3.55. The third-order valence-electron chi connectivity index (χ3n) is 5.00. The topological polar surface area (TPSA) is 55.8 Å². The number of hydrogen-bond donors (Lipinski definition) is 2. The number of aliphatic hydroxyl groups is 1. The molecule has 134 valence electrons. The smallest absolute Gasteiger partial charge is 0.383 e. The summed E-state index contributed by atoms with van der Waals surface area (Å²) in [5, 5.41) is 12.2. The van der Waals surface area contributed by atoms with E-state index in [2.05, 4.69) is 17.1 Å². The van der Waals surface area contributed by atoms with Gasteiger partial charge >= 0.3 is 12.2 Å². The number of aliphatic hydroxyl groups excluding tert-OH is 1. The molecular weight excluding hydrogens is 311 g/mol. The van der Waals surface area contributed by atoms with Crippen molar-refractivity contribution >= 4 is 6.03 Å². The SMILES string of the molecule is CCN1CCCC1CNC(=O)N1CCC(C(O)C(F)(F)F)CC1. The summed E-state index contributed by atoms with van der Waals surface area (Å²) in [5.74, 6) is -0.815. The molecule has 23 heavy (non-hydrogen) atoms. The van der Waals surface area contributed by atoms with E-state index in [9.17, 15) is 23.1 Å². The van der Waals surface area contributed by atoms with E-state index >= 15 is 0 Å². The van der Waals surface area contributed by atoms with Gasteiger partial charge in [0.15, 0.2) is 6.10 Å². The van der Waals surface area contributed by atoms with Gasteiger partial charge in [0, 0.05) is 25.7 Å². The van der Waals surface area contributed by atoms with Crippen LogP contribution in [0.3, 0.4) is 0 Å². The molecule has 0 bridgehead atoms. The van der Waals surface area contributed by atoms with Crippen molar-refractivity contribution in [2.75, 3.05) is 32.7 Å². The van der Waals surface area contributed by atoms with Gasteiger partial charge in [0.25, 0.3) is 0 Å². The molecule has 0 aliphatic carbocycles. The Morgan fingerprint density at radius 3 is 2.48 bits per heavy atom. The Bertz CT molecular complexity index is 398. The molecule has 2 aliphatic heterocycles. The van der Waals surface area contributed by atoms with Crippen LogP contribution in [0.2, 0.25) is 0 Å². The highest BCUT2D eigenvalue weighted by atomic mass is 19.4. The number of alkyl halides is 3. The van der Waals surface area contributed by atoms with E-state index in [1.54, 1.807) is 4.90 Å². The Balaban J connectivity index is 1.73. The van der Waals surface area contributed by atoms with Crippen LogP contribution in [-0.2, 0) is 0 Å². The van der Waals surface area contributed by atoms with E-state index in [1.165, 1.54) is 0 Å². The number of carbonyl (C=O) groups excluding carboxylic acids is 1. The van der Waals surface area contributed by atoms with Crippen molar-refractivity contribution in [2.45, 2.75) is 50.9 Å². The number of hydrogen-bond acceptors (Lipinski definition) is 3. The van der Waals surface area contributed by atoms with Gasteiger partial charge in [-0.15, -0.1) is 0 Å². The summed E-state index contributed by atoms with van der Waals surface area (Å²) in [4.78, 5) is 16.0. The molecule has 0 aromatic heterocycles. The zero-order valence-corrected chi connectivity index (χ0v) is 13.5. The van der Waals surface area contributed by atoms with Crippen molar-refractivity contribution in [2.24, 2.45) is 5.92 Å². The van der Waals surface area contributed by atoms with Crippen LogP contribution in [0.4, 0.5) is 18.0 Å². The van der Waals surface area contributed by atoms with Crippen LogP contribution >= 0.6 is 0 Å². The zero-order chi connectivity index (χ0) is 17.0. The molecule has 8 heteroatoms. The van der Waals surface area contributed by atoms with E-state index in [1.807, 2.05) is 0 Å². The largest absolute Gasteiger partial charge is 0.414 e. The first-order valence-electron chi connectivity index (χ1n) is 8.34. The average Bonchev–Trinajstić information content (AvgIpc) is 2.98. The first-order valence-corrected chi connectivity index (χ1v) is 8.34. The molecule has 2 heterocycles. The van der Waals surface area contributed by atoms with E-state index in [-0.39, 0.29) is 32.0 Å². The standard InChI is InChI=1S/C15H26F3N3O2/c1-2-20-7-3-4-12(20)10-19-14(23)21-8-5-11(6-9-21)13(22)15(16,17)18/h11-13,22H,2-10H2,1H3,(H,19,23). The van der Waals surface area contributed by atoms with Crippen molar-refractivity contribution in [1.82, 2.24) is 15.1 Å². The fourth-order valence-corrected chi connectivity index (χ4v) is 3.55. The summed E-state index contributed by atoms with van der Waals surface area (Å²) in [6.07, 6.45) is -4.31. The number of nitrogens with one attached hydrogen (secondary N) is 1. The summed E-state index contributed by atoms with van der Waals surface area (Å²) in [6, 6.07) is 0.140. The Morgan fingerprint density at radius 2 is 1.91 bits per heavy atom. The second-order valence-electron chi connectivity index (χ2n) is 6.42. The molecule has 5 nitrogen and oxygen atoms in total. The molecule has 2 aliphatic rings. The molecule has 0 radical (unpaired) electrons. The van der Waals surface area contributed by atoms with Gasteiger partial charge in [-0.05, 0) is 44.7 Å². The highest BCUT2D eigenvalue weighted by Gasteiger charge is 2.44. The second-order valence-corrected chi connectivity index (χ2v) is 6.42. The summed E-state index contributed by atoms with van der Waals surface area (Å²) in [5.41, 5.74) is 0. The van der Waals surface area contributed by atoms with Crippen molar-refractivity contribution in [3.05, 3.63) is 0 Å². The zero-order valence-electron chi connectivity index (χ0n) is 13.5. The maximum Gasteiger partial charge on any atom is 0.414 e. The summed E-state index contributed by atoms with van der Waals surface area (Å²) in [6.45, 7) is 5.20. The molecule has 2 amide bonds. The number of amides is 2. The minimum Gasteiger partial charge on any atom is -0.383 e. The van der Waals surface area contributed by atoms with Crippen LogP contribution in [0.15, 0.2) is 0 Å². The average molecular weight is 337 g/mol. The lowest BCUT2D eigenvalue weighted by Crippen LogP contribution is -2.50. The predicted molar refractivity (Wildman–Crippen MR) is 80.0 cm³/mol.